The van der Waals surface area contributed by atoms with Crippen LogP contribution in [0.25, 0.3) is 0 Å². The van der Waals surface area contributed by atoms with E-state index in [-0.39, 0.29) is 11.8 Å². The Kier molecular flexibility index (Phi) is 4.30. The SMILES string of the molecule is CCN(C(C)C)C(C)c1ccc(F)cc1O. The fraction of sp³-hybridized carbons (Fsp3) is 0.538. The maximum absolute atomic E-state index is 12.9. The van der Waals surface area contributed by atoms with Crippen molar-refractivity contribution in [2.24, 2.45) is 0 Å². The van der Waals surface area contributed by atoms with Crippen LogP contribution in [0.15, 0.2) is 18.2 Å². The van der Waals surface area contributed by atoms with Crippen molar-refractivity contribution in [1.82, 2.24) is 4.90 Å². The first-order chi connectivity index (χ1) is 7.47. The molecule has 1 rings (SSSR count). The van der Waals surface area contributed by atoms with Crippen molar-refractivity contribution >= 4 is 0 Å². The molecule has 2 nitrogen and oxygen atoms in total. The normalized spacial score (nSPS) is 13.4. The molecule has 0 aliphatic heterocycles. The van der Waals surface area contributed by atoms with Crippen molar-refractivity contribution in [2.75, 3.05) is 6.54 Å². The van der Waals surface area contributed by atoms with Crippen LogP contribution in [0.3, 0.4) is 0 Å². The Morgan fingerprint density at radius 1 is 1.31 bits per heavy atom. The van der Waals surface area contributed by atoms with E-state index in [1.165, 1.54) is 12.1 Å². The summed E-state index contributed by atoms with van der Waals surface area (Å²) in [5.74, 6) is -0.368. The molecule has 1 unspecified atom stereocenters. The molecular weight excluding hydrogens is 205 g/mol. The number of hydrogen-bond acceptors (Lipinski definition) is 2. The Labute approximate surface area is 96.7 Å². The zero-order valence-electron chi connectivity index (χ0n) is 10.4. The molecule has 0 aliphatic carbocycles. The van der Waals surface area contributed by atoms with Crippen LogP contribution in [0.5, 0.6) is 5.75 Å². The van der Waals surface area contributed by atoms with Gasteiger partial charge in [-0.05, 0) is 33.4 Å². The molecule has 1 N–H and O–H groups in total. The molecule has 0 aliphatic rings. The molecule has 0 heterocycles. The van der Waals surface area contributed by atoms with Gasteiger partial charge in [0.05, 0.1) is 0 Å². The Balaban J connectivity index is 2.99. The number of phenols is 1. The predicted molar refractivity (Wildman–Crippen MR) is 64.0 cm³/mol. The number of phenolic OH excluding ortho intramolecular Hbond substituents is 1. The number of halogens is 1. The van der Waals surface area contributed by atoms with Crippen LogP contribution in [0.4, 0.5) is 4.39 Å². The fourth-order valence-electron chi connectivity index (χ4n) is 2.13. The second-order valence-electron chi connectivity index (χ2n) is 4.30. The van der Waals surface area contributed by atoms with Gasteiger partial charge in [0, 0.05) is 23.7 Å². The van der Waals surface area contributed by atoms with Gasteiger partial charge in [-0.3, -0.25) is 4.90 Å². The number of benzene rings is 1. The molecule has 0 saturated carbocycles. The summed E-state index contributed by atoms with van der Waals surface area (Å²) in [7, 11) is 0. The average molecular weight is 225 g/mol. The lowest BCUT2D eigenvalue weighted by Gasteiger charge is -2.32. The van der Waals surface area contributed by atoms with Gasteiger partial charge >= 0.3 is 0 Å². The minimum absolute atomic E-state index is 0.0339. The third kappa shape index (κ3) is 2.73. The number of hydrogen-bond donors (Lipinski definition) is 1. The monoisotopic (exact) mass is 225 g/mol. The molecule has 1 atom stereocenters. The Morgan fingerprint density at radius 3 is 2.38 bits per heavy atom. The van der Waals surface area contributed by atoms with E-state index in [2.05, 4.69) is 25.7 Å². The lowest BCUT2D eigenvalue weighted by Crippen LogP contribution is -2.33. The summed E-state index contributed by atoms with van der Waals surface area (Å²) in [6.45, 7) is 9.23. The van der Waals surface area contributed by atoms with Gasteiger partial charge < -0.3 is 5.11 Å². The number of aromatic hydroxyl groups is 1. The summed E-state index contributed by atoms with van der Waals surface area (Å²) < 4.78 is 12.9. The molecule has 0 spiro atoms. The van der Waals surface area contributed by atoms with Gasteiger partial charge in [0.1, 0.15) is 11.6 Å². The average Bonchev–Trinajstić information content (AvgIpc) is 2.17. The summed E-state index contributed by atoms with van der Waals surface area (Å²) in [6, 6.07) is 4.69. The molecule has 3 heteroatoms. The van der Waals surface area contributed by atoms with E-state index < -0.39 is 5.82 Å². The Hall–Kier alpha value is -1.09. The molecule has 0 bridgehead atoms. The van der Waals surface area contributed by atoms with Gasteiger partial charge in [0.2, 0.25) is 0 Å². The highest BCUT2D eigenvalue weighted by Crippen LogP contribution is 2.29. The maximum atomic E-state index is 12.9. The second kappa shape index (κ2) is 5.30. The summed E-state index contributed by atoms with van der Waals surface area (Å²) >= 11 is 0. The van der Waals surface area contributed by atoms with Crippen LogP contribution < -0.4 is 0 Å². The summed E-state index contributed by atoms with van der Waals surface area (Å²) in [6.07, 6.45) is 0. The largest absolute Gasteiger partial charge is 0.508 e. The lowest BCUT2D eigenvalue weighted by molar-refractivity contribution is 0.172. The molecular formula is C13H20FNO. The first kappa shape index (κ1) is 13.0. The zero-order chi connectivity index (χ0) is 12.3. The summed E-state index contributed by atoms with van der Waals surface area (Å²) in [4.78, 5) is 2.24. The first-order valence-corrected chi connectivity index (χ1v) is 5.71. The van der Waals surface area contributed by atoms with Gasteiger partial charge in [0.25, 0.3) is 0 Å². The van der Waals surface area contributed by atoms with E-state index in [1.54, 1.807) is 6.07 Å². The minimum Gasteiger partial charge on any atom is -0.508 e. The molecule has 90 valence electrons. The molecule has 0 saturated heterocycles. The summed E-state index contributed by atoms with van der Waals surface area (Å²) in [5, 5.41) is 9.72. The quantitative estimate of drug-likeness (QED) is 0.849. The smallest absolute Gasteiger partial charge is 0.126 e. The van der Waals surface area contributed by atoms with E-state index in [0.717, 1.165) is 12.1 Å². The van der Waals surface area contributed by atoms with Crippen molar-refractivity contribution in [2.45, 2.75) is 39.8 Å². The van der Waals surface area contributed by atoms with E-state index in [0.29, 0.717) is 6.04 Å². The fourth-order valence-corrected chi connectivity index (χ4v) is 2.13. The zero-order valence-corrected chi connectivity index (χ0v) is 10.4. The van der Waals surface area contributed by atoms with Gasteiger partial charge in [-0.1, -0.05) is 13.0 Å². The van der Waals surface area contributed by atoms with Crippen molar-refractivity contribution in [3.63, 3.8) is 0 Å². The molecule has 16 heavy (non-hydrogen) atoms. The van der Waals surface area contributed by atoms with Gasteiger partial charge in [-0.2, -0.15) is 0 Å². The summed E-state index contributed by atoms with van der Waals surface area (Å²) in [5.41, 5.74) is 0.775. The Bertz CT molecular complexity index is 352. The minimum atomic E-state index is -0.402. The van der Waals surface area contributed by atoms with E-state index in [4.69, 9.17) is 0 Å². The molecule has 1 aromatic rings. The molecule has 1 aromatic carbocycles. The van der Waals surface area contributed by atoms with Crippen molar-refractivity contribution in [3.05, 3.63) is 29.6 Å². The third-order valence-corrected chi connectivity index (χ3v) is 2.97. The van der Waals surface area contributed by atoms with Crippen LogP contribution >= 0.6 is 0 Å². The topological polar surface area (TPSA) is 23.5 Å². The van der Waals surface area contributed by atoms with E-state index in [9.17, 15) is 9.50 Å². The van der Waals surface area contributed by atoms with Crippen LogP contribution in [0.2, 0.25) is 0 Å². The standard InChI is InChI=1S/C13H20FNO/c1-5-15(9(2)3)10(4)12-7-6-11(14)8-13(12)16/h6-10,16H,5H2,1-4H3. The van der Waals surface area contributed by atoms with Crippen molar-refractivity contribution in [1.29, 1.82) is 0 Å². The predicted octanol–water partition coefficient (Wildman–Crippen LogP) is 3.32. The van der Waals surface area contributed by atoms with Crippen LogP contribution in [-0.2, 0) is 0 Å². The highest BCUT2D eigenvalue weighted by molar-refractivity contribution is 5.35. The van der Waals surface area contributed by atoms with Crippen molar-refractivity contribution < 1.29 is 9.50 Å². The third-order valence-electron chi connectivity index (χ3n) is 2.97. The van der Waals surface area contributed by atoms with E-state index in [1.807, 2.05) is 6.92 Å². The molecule has 0 radical (unpaired) electrons. The first-order valence-electron chi connectivity index (χ1n) is 5.71. The molecule has 0 aromatic heterocycles. The Morgan fingerprint density at radius 2 is 1.94 bits per heavy atom. The number of nitrogens with zero attached hydrogens (tertiary/aromatic N) is 1. The second-order valence-corrected chi connectivity index (χ2v) is 4.30. The lowest BCUT2D eigenvalue weighted by atomic mass is 10.0. The van der Waals surface area contributed by atoms with Gasteiger partial charge in [-0.25, -0.2) is 4.39 Å². The molecule has 0 amide bonds. The molecule has 0 fully saturated rings. The highest BCUT2D eigenvalue weighted by atomic mass is 19.1. The number of rotatable bonds is 4. The van der Waals surface area contributed by atoms with Crippen LogP contribution in [0, 0.1) is 5.82 Å². The van der Waals surface area contributed by atoms with Crippen LogP contribution in [-0.4, -0.2) is 22.6 Å². The van der Waals surface area contributed by atoms with E-state index >= 15 is 0 Å². The van der Waals surface area contributed by atoms with Gasteiger partial charge in [-0.15, -0.1) is 0 Å². The maximum Gasteiger partial charge on any atom is 0.126 e. The highest BCUT2D eigenvalue weighted by Gasteiger charge is 2.19. The van der Waals surface area contributed by atoms with Crippen molar-refractivity contribution in [3.8, 4) is 5.75 Å². The van der Waals surface area contributed by atoms with Crippen LogP contribution in [0.1, 0.15) is 39.3 Å². The van der Waals surface area contributed by atoms with Gasteiger partial charge in [0.15, 0.2) is 0 Å².